The highest BCUT2D eigenvalue weighted by molar-refractivity contribution is 5.71. The zero-order valence-corrected chi connectivity index (χ0v) is 44.4. The predicted octanol–water partition coefficient (Wildman–Crippen LogP) is 19.2. The van der Waals surface area contributed by atoms with E-state index in [9.17, 15) is 14.4 Å². The predicted molar refractivity (Wildman–Crippen MR) is 288 cm³/mol. The van der Waals surface area contributed by atoms with Crippen molar-refractivity contribution in [3.05, 3.63) is 60.8 Å². The first-order chi connectivity index (χ1) is 33.0. The molecule has 0 unspecified atom stereocenters. The van der Waals surface area contributed by atoms with E-state index in [0.29, 0.717) is 19.3 Å². The third-order valence-electron chi connectivity index (χ3n) is 12.5. The van der Waals surface area contributed by atoms with Gasteiger partial charge in [0.2, 0.25) is 0 Å². The Morgan fingerprint density at radius 2 is 0.582 bits per heavy atom. The van der Waals surface area contributed by atoms with E-state index in [-0.39, 0.29) is 37.5 Å². The zero-order chi connectivity index (χ0) is 48.6. The number of carbonyl (C=O) groups is 3. The summed E-state index contributed by atoms with van der Waals surface area (Å²) < 4.78 is 16.8. The van der Waals surface area contributed by atoms with Crippen molar-refractivity contribution in [2.24, 2.45) is 0 Å². The Balaban J connectivity index is 4.35. The van der Waals surface area contributed by atoms with Crippen molar-refractivity contribution >= 4 is 17.9 Å². The summed E-state index contributed by atoms with van der Waals surface area (Å²) in [6.45, 7) is 6.50. The highest BCUT2D eigenvalue weighted by Crippen LogP contribution is 2.16. The average Bonchev–Trinajstić information content (AvgIpc) is 3.33. The third-order valence-corrected chi connectivity index (χ3v) is 12.5. The first kappa shape index (κ1) is 64.1. The van der Waals surface area contributed by atoms with Gasteiger partial charge in [-0.05, 0) is 83.5 Å². The number of carbonyl (C=O) groups excluding carboxylic acids is 3. The van der Waals surface area contributed by atoms with E-state index in [1.807, 2.05) is 0 Å². The monoisotopic (exact) mass is 937 g/mol. The number of hydrogen-bond acceptors (Lipinski definition) is 6. The quantitative estimate of drug-likeness (QED) is 0.0262. The minimum Gasteiger partial charge on any atom is -0.462 e. The van der Waals surface area contributed by atoms with Crippen molar-refractivity contribution in [3.8, 4) is 0 Å². The van der Waals surface area contributed by atoms with Crippen LogP contribution in [0.4, 0.5) is 0 Å². The van der Waals surface area contributed by atoms with Gasteiger partial charge < -0.3 is 14.2 Å². The van der Waals surface area contributed by atoms with E-state index in [2.05, 4.69) is 81.5 Å². The van der Waals surface area contributed by atoms with Gasteiger partial charge in [0.1, 0.15) is 13.2 Å². The Morgan fingerprint density at radius 1 is 0.313 bits per heavy atom. The van der Waals surface area contributed by atoms with Crippen LogP contribution < -0.4 is 0 Å². The molecule has 0 heterocycles. The Hall–Kier alpha value is -2.89. The van der Waals surface area contributed by atoms with Gasteiger partial charge in [-0.3, -0.25) is 14.4 Å². The van der Waals surface area contributed by atoms with E-state index >= 15 is 0 Å². The van der Waals surface area contributed by atoms with Crippen LogP contribution >= 0.6 is 0 Å². The normalized spacial score (nSPS) is 12.5. The summed E-state index contributed by atoms with van der Waals surface area (Å²) in [5.74, 6) is -0.931. The van der Waals surface area contributed by atoms with Crippen LogP contribution in [0, 0.1) is 0 Å². The van der Waals surface area contributed by atoms with E-state index in [4.69, 9.17) is 14.2 Å². The lowest BCUT2D eigenvalue weighted by Gasteiger charge is -2.18. The lowest BCUT2D eigenvalue weighted by Crippen LogP contribution is -2.30. The SMILES string of the molecule is CC/C=C\C/C=C\C/C=C\C/C=C\CCCCC(=O)O[C@H](COC(=O)CCCCCCC/C=C\CCCCCC)COC(=O)CCCCCCCCCCCCCCCCCCCCCCC. The molecule has 0 saturated carbocycles. The molecule has 0 N–H and O–H groups in total. The van der Waals surface area contributed by atoms with Gasteiger partial charge in [-0.15, -0.1) is 0 Å². The van der Waals surface area contributed by atoms with Crippen molar-refractivity contribution in [2.75, 3.05) is 13.2 Å². The van der Waals surface area contributed by atoms with Crippen LogP contribution in [0.3, 0.4) is 0 Å². The van der Waals surface area contributed by atoms with E-state index in [0.717, 1.165) is 83.5 Å². The molecule has 0 aliphatic carbocycles. The molecule has 0 saturated heterocycles. The Labute approximate surface area is 415 Å². The van der Waals surface area contributed by atoms with Crippen molar-refractivity contribution in [1.82, 2.24) is 0 Å². The summed E-state index contributed by atoms with van der Waals surface area (Å²) in [6.07, 6.45) is 69.4. The number of hydrogen-bond donors (Lipinski definition) is 0. The van der Waals surface area contributed by atoms with Crippen molar-refractivity contribution < 1.29 is 28.6 Å². The third kappa shape index (κ3) is 53.9. The Kier molecular flexibility index (Phi) is 53.3. The second-order valence-electron chi connectivity index (χ2n) is 19.2. The second-order valence-corrected chi connectivity index (χ2v) is 19.2. The molecular formula is C61H108O6. The highest BCUT2D eigenvalue weighted by atomic mass is 16.6. The van der Waals surface area contributed by atoms with Crippen LogP contribution in [-0.2, 0) is 28.6 Å². The summed E-state index contributed by atoms with van der Waals surface area (Å²) in [4.78, 5) is 38.1. The zero-order valence-electron chi connectivity index (χ0n) is 44.4. The maximum absolute atomic E-state index is 12.8. The molecule has 0 rings (SSSR count). The van der Waals surface area contributed by atoms with E-state index in [1.165, 1.54) is 161 Å². The average molecular weight is 938 g/mol. The molecule has 0 aliphatic heterocycles. The van der Waals surface area contributed by atoms with Crippen molar-refractivity contribution in [3.63, 3.8) is 0 Å². The van der Waals surface area contributed by atoms with Crippen LogP contribution in [-0.4, -0.2) is 37.2 Å². The fourth-order valence-electron chi connectivity index (χ4n) is 8.19. The van der Waals surface area contributed by atoms with Crippen LogP contribution in [0.5, 0.6) is 0 Å². The molecule has 0 radical (unpaired) electrons. The molecule has 0 aromatic heterocycles. The first-order valence-electron chi connectivity index (χ1n) is 28.8. The van der Waals surface area contributed by atoms with E-state index in [1.54, 1.807) is 0 Å². The maximum atomic E-state index is 12.8. The number of rotatable bonds is 52. The summed E-state index contributed by atoms with van der Waals surface area (Å²) in [7, 11) is 0. The minimum absolute atomic E-state index is 0.0910. The molecule has 1 atom stereocenters. The smallest absolute Gasteiger partial charge is 0.306 e. The standard InChI is InChI=1S/C61H108O6/c1-4-7-10-13-16-19-22-25-27-28-29-30-31-32-34-36-39-42-45-48-51-54-60(63)66-57-58(56-65-59(62)53-50-47-44-41-38-35-24-21-18-15-12-9-6-3)67-61(64)55-52-49-46-43-40-37-33-26-23-20-17-14-11-8-5-2/h8,11,17,20-21,24,26,33,40,43,58H,4-7,9-10,12-16,18-19,22-23,25,27-32,34-39,41-42,44-57H2,1-3H3/b11-8-,20-17-,24-21-,33-26-,43-40-/t58-/m1/s1. The summed E-state index contributed by atoms with van der Waals surface area (Å²) >= 11 is 0. The largest absolute Gasteiger partial charge is 0.462 e. The molecule has 6 nitrogen and oxygen atoms in total. The number of allylic oxidation sites excluding steroid dienone is 10. The number of esters is 3. The molecule has 388 valence electrons. The van der Waals surface area contributed by atoms with Gasteiger partial charge in [0.15, 0.2) is 6.10 Å². The van der Waals surface area contributed by atoms with Crippen molar-refractivity contribution in [1.29, 1.82) is 0 Å². The van der Waals surface area contributed by atoms with Crippen LogP contribution in [0.25, 0.3) is 0 Å². The topological polar surface area (TPSA) is 78.9 Å². The Morgan fingerprint density at radius 3 is 0.970 bits per heavy atom. The number of ether oxygens (including phenoxy) is 3. The molecule has 0 aliphatic rings. The van der Waals surface area contributed by atoms with E-state index < -0.39 is 6.10 Å². The van der Waals surface area contributed by atoms with Gasteiger partial charge in [-0.2, -0.15) is 0 Å². The van der Waals surface area contributed by atoms with Gasteiger partial charge in [-0.1, -0.05) is 248 Å². The molecule has 0 aromatic carbocycles. The van der Waals surface area contributed by atoms with Gasteiger partial charge in [0.25, 0.3) is 0 Å². The first-order valence-corrected chi connectivity index (χ1v) is 28.8. The molecular weight excluding hydrogens is 829 g/mol. The molecule has 0 amide bonds. The van der Waals surface area contributed by atoms with Gasteiger partial charge in [-0.25, -0.2) is 0 Å². The molecule has 0 spiro atoms. The van der Waals surface area contributed by atoms with Crippen LogP contribution in [0.15, 0.2) is 60.8 Å². The molecule has 0 aromatic rings. The fraction of sp³-hybridized carbons (Fsp3) is 0.787. The molecule has 6 heteroatoms. The fourth-order valence-corrected chi connectivity index (χ4v) is 8.19. The highest BCUT2D eigenvalue weighted by Gasteiger charge is 2.19. The van der Waals surface area contributed by atoms with Crippen LogP contribution in [0.1, 0.15) is 290 Å². The number of unbranched alkanes of at least 4 members (excludes halogenated alkanes) is 31. The molecule has 0 fully saturated rings. The van der Waals surface area contributed by atoms with Gasteiger partial charge in [0.05, 0.1) is 0 Å². The summed E-state index contributed by atoms with van der Waals surface area (Å²) in [5, 5.41) is 0. The molecule has 67 heavy (non-hydrogen) atoms. The van der Waals surface area contributed by atoms with Crippen LogP contribution in [0.2, 0.25) is 0 Å². The molecule has 0 bridgehead atoms. The van der Waals surface area contributed by atoms with Crippen molar-refractivity contribution in [2.45, 2.75) is 297 Å². The van der Waals surface area contributed by atoms with Gasteiger partial charge in [0, 0.05) is 19.3 Å². The maximum Gasteiger partial charge on any atom is 0.306 e. The second kappa shape index (κ2) is 55.7. The minimum atomic E-state index is -0.797. The lowest BCUT2D eigenvalue weighted by molar-refractivity contribution is -0.167. The summed E-state index contributed by atoms with van der Waals surface area (Å²) in [6, 6.07) is 0. The summed E-state index contributed by atoms with van der Waals surface area (Å²) in [5.41, 5.74) is 0. The van der Waals surface area contributed by atoms with Gasteiger partial charge >= 0.3 is 17.9 Å². The lowest BCUT2D eigenvalue weighted by atomic mass is 10.0. The Bertz CT molecular complexity index is 1210.